The molecule has 0 aliphatic rings. The van der Waals surface area contributed by atoms with Gasteiger partial charge in [-0.2, -0.15) is 0 Å². The monoisotopic (exact) mass is 346 g/mol. The highest BCUT2D eigenvalue weighted by molar-refractivity contribution is 6.33. The molecule has 122 valence electrons. The van der Waals surface area contributed by atoms with Gasteiger partial charge in [-0.15, -0.1) is 0 Å². The van der Waals surface area contributed by atoms with Gasteiger partial charge in [0, 0.05) is 18.3 Å². The van der Waals surface area contributed by atoms with E-state index in [4.69, 9.17) is 17.3 Å². The van der Waals surface area contributed by atoms with Crippen molar-refractivity contribution in [1.29, 1.82) is 0 Å². The zero-order valence-corrected chi connectivity index (χ0v) is 13.2. The molecule has 0 fully saturated rings. The van der Waals surface area contributed by atoms with Crippen molar-refractivity contribution in [3.05, 3.63) is 70.9 Å². The molecule has 0 saturated heterocycles. The summed E-state index contributed by atoms with van der Waals surface area (Å²) in [5, 5.41) is 3.50. The van der Waals surface area contributed by atoms with E-state index in [0.717, 1.165) is 12.1 Å². The van der Waals surface area contributed by atoms with Crippen LogP contribution in [0.3, 0.4) is 0 Å². The molecule has 3 aromatic rings. The van der Waals surface area contributed by atoms with E-state index in [1.165, 1.54) is 12.3 Å². The standard InChI is InChI=1S/C17H13ClF2N4/c18-12-9-22-16(21)7-11(12)15-2-1-3-17(24-15)23-8-10-4-5-13(19)14(20)6-10/h1-7,9H,8H2,(H2,21,22)(H,23,24). The van der Waals surface area contributed by atoms with Gasteiger partial charge >= 0.3 is 0 Å². The van der Waals surface area contributed by atoms with Crippen molar-refractivity contribution < 1.29 is 8.78 Å². The van der Waals surface area contributed by atoms with Crippen molar-refractivity contribution >= 4 is 23.2 Å². The minimum atomic E-state index is -0.880. The molecule has 7 heteroatoms. The van der Waals surface area contributed by atoms with E-state index in [1.54, 1.807) is 18.2 Å². The number of benzene rings is 1. The number of nitrogens with one attached hydrogen (secondary N) is 1. The molecule has 0 aliphatic heterocycles. The number of pyridine rings is 2. The summed E-state index contributed by atoms with van der Waals surface area (Å²) in [6.45, 7) is 0.305. The summed E-state index contributed by atoms with van der Waals surface area (Å²) < 4.78 is 26.2. The normalized spacial score (nSPS) is 10.6. The number of aromatic nitrogens is 2. The summed E-state index contributed by atoms with van der Waals surface area (Å²) in [5.74, 6) is -0.834. The summed E-state index contributed by atoms with van der Waals surface area (Å²) in [7, 11) is 0. The second kappa shape index (κ2) is 6.80. The molecule has 1 aromatic carbocycles. The summed E-state index contributed by atoms with van der Waals surface area (Å²) >= 11 is 6.13. The van der Waals surface area contributed by atoms with Crippen molar-refractivity contribution in [3.63, 3.8) is 0 Å². The Bertz CT molecular complexity index is 886. The Morgan fingerprint density at radius 3 is 2.71 bits per heavy atom. The Morgan fingerprint density at radius 2 is 1.92 bits per heavy atom. The predicted octanol–water partition coefficient (Wildman–Crippen LogP) is 4.27. The van der Waals surface area contributed by atoms with Crippen LogP contribution in [0.5, 0.6) is 0 Å². The number of nitrogens with zero attached hydrogens (tertiary/aromatic N) is 2. The van der Waals surface area contributed by atoms with Crippen LogP contribution in [-0.2, 0) is 6.54 Å². The predicted molar refractivity (Wildman–Crippen MR) is 90.6 cm³/mol. The SMILES string of the molecule is Nc1cc(-c2cccc(NCc3ccc(F)c(F)c3)n2)c(Cl)cn1. The number of nitrogen functional groups attached to an aromatic ring is 1. The lowest BCUT2D eigenvalue weighted by Gasteiger charge is -2.09. The number of halogens is 3. The van der Waals surface area contributed by atoms with E-state index in [1.807, 2.05) is 6.07 Å². The van der Waals surface area contributed by atoms with E-state index in [-0.39, 0.29) is 0 Å². The van der Waals surface area contributed by atoms with Gasteiger partial charge in [-0.25, -0.2) is 18.7 Å². The zero-order valence-electron chi connectivity index (χ0n) is 12.4. The number of hydrogen-bond donors (Lipinski definition) is 2. The van der Waals surface area contributed by atoms with Crippen LogP contribution in [0.4, 0.5) is 20.4 Å². The van der Waals surface area contributed by atoms with E-state index in [2.05, 4.69) is 15.3 Å². The first-order valence-electron chi connectivity index (χ1n) is 7.09. The molecule has 0 bridgehead atoms. The minimum absolute atomic E-state index is 0.305. The Hall–Kier alpha value is -2.73. The molecular weight excluding hydrogens is 334 g/mol. The molecule has 24 heavy (non-hydrogen) atoms. The van der Waals surface area contributed by atoms with Crippen LogP contribution in [0.2, 0.25) is 5.02 Å². The molecule has 4 nitrogen and oxygen atoms in total. The second-order valence-electron chi connectivity index (χ2n) is 5.10. The summed E-state index contributed by atoms with van der Waals surface area (Å²) in [6.07, 6.45) is 1.47. The first-order chi connectivity index (χ1) is 11.5. The van der Waals surface area contributed by atoms with E-state index in [9.17, 15) is 8.78 Å². The van der Waals surface area contributed by atoms with Gasteiger partial charge in [0.1, 0.15) is 11.6 Å². The lowest BCUT2D eigenvalue weighted by molar-refractivity contribution is 0.507. The zero-order chi connectivity index (χ0) is 17.1. The van der Waals surface area contributed by atoms with Crippen molar-refractivity contribution in [1.82, 2.24) is 9.97 Å². The maximum atomic E-state index is 13.2. The molecule has 2 aromatic heterocycles. The van der Waals surface area contributed by atoms with Crippen LogP contribution >= 0.6 is 11.6 Å². The Kier molecular flexibility index (Phi) is 4.57. The molecule has 0 atom stereocenters. The van der Waals surface area contributed by atoms with Gasteiger partial charge in [0.15, 0.2) is 11.6 Å². The van der Waals surface area contributed by atoms with Gasteiger partial charge in [0.05, 0.1) is 10.7 Å². The quantitative estimate of drug-likeness (QED) is 0.740. The maximum absolute atomic E-state index is 13.2. The first kappa shape index (κ1) is 16.1. The molecular formula is C17H13ClF2N4. The first-order valence-corrected chi connectivity index (χ1v) is 7.47. The van der Waals surface area contributed by atoms with E-state index < -0.39 is 11.6 Å². The van der Waals surface area contributed by atoms with Crippen LogP contribution < -0.4 is 11.1 Å². The fourth-order valence-electron chi connectivity index (χ4n) is 2.18. The largest absolute Gasteiger partial charge is 0.384 e. The fourth-order valence-corrected chi connectivity index (χ4v) is 2.38. The molecule has 0 spiro atoms. The van der Waals surface area contributed by atoms with Crippen LogP contribution in [0.25, 0.3) is 11.3 Å². The van der Waals surface area contributed by atoms with Crippen LogP contribution in [-0.4, -0.2) is 9.97 Å². The van der Waals surface area contributed by atoms with Gasteiger partial charge < -0.3 is 11.1 Å². The van der Waals surface area contributed by atoms with Gasteiger partial charge in [0.25, 0.3) is 0 Å². The molecule has 0 aliphatic carbocycles. The molecule has 2 heterocycles. The molecule has 0 saturated carbocycles. The topological polar surface area (TPSA) is 63.8 Å². The van der Waals surface area contributed by atoms with E-state index >= 15 is 0 Å². The highest BCUT2D eigenvalue weighted by Crippen LogP contribution is 2.27. The number of nitrogens with two attached hydrogens (primary N) is 1. The highest BCUT2D eigenvalue weighted by Gasteiger charge is 2.08. The fraction of sp³-hybridized carbons (Fsp3) is 0.0588. The number of anilines is 2. The van der Waals surface area contributed by atoms with Crippen LogP contribution in [0.1, 0.15) is 5.56 Å². The van der Waals surface area contributed by atoms with Gasteiger partial charge in [0.2, 0.25) is 0 Å². The average molecular weight is 347 g/mol. The molecule has 3 N–H and O–H groups in total. The Morgan fingerprint density at radius 1 is 1.08 bits per heavy atom. The average Bonchev–Trinajstić information content (AvgIpc) is 2.58. The number of hydrogen-bond acceptors (Lipinski definition) is 4. The number of rotatable bonds is 4. The highest BCUT2D eigenvalue weighted by atomic mass is 35.5. The Balaban J connectivity index is 1.80. The molecule has 0 unspecified atom stereocenters. The smallest absolute Gasteiger partial charge is 0.159 e. The summed E-state index contributed by atoms with van der Waals surface area (Å²) in [4.78, 5) is 8.37. The summed E-state index contributed by atoms with van der Waals surface area (Å²) in [6, 6.07) is 10.8. The molecule has 0 radical (unpaired) electrons. The second-order valence-corrected chi connectivity index (χ2v) is 5.51. The molecule has 0 amide bonds. The van der Waals surface area contributed by atoms with Crippen molar-refractivity contribution in [2.45, 2.75) is 6.54 Å². The van der Waals surface area contributed by atoms with Crippen LogP contribution in [0.15, 0.2) is 48.7 Å². The van der Waals surface area contributed by atoms with Gasteiger partial charge in [-0.05, 0) is 35.9 Å². The lowest BCUT2D eigenvalue weighted by Crippen LogP contribution is -2.03. The third-order valence-corrected chi connectivity index (χ3v) is 3.66. The van der Waals surface area contributed by atoms with Crippen LogP contribution in [0, 0.1) is 11.6 Å². The van der Waals surface area contributed by atoms with E-state index in [0.29, 0.717) is 40.0 Å². The summed E-state index contributed by atoms with van der Waals surface area (Å²) in [5.41, 5.74) is 7.58. The van der Waals surface area contributed by atoms with Crippen molar-refractivity contribution in [2.24, 2.45) is 0 Å². The van der Waals surface area contributed by atoms with Crippen molar-refractivity contribution in [2.75, 3.05) is 11.1 Å². The third-order valence-electron chi connectivity index (χ3n) is 3.36. The molecule has 3 rings (SSSR count). The maximum Gasteiger partial charge on any atom is 0.159 e. The van der Waals surface area contributed by atoms with Gasteiger partial charge in [-0.3, -0.25) is 0 Å². The van der Waals surface area contributed by atoms with Crippen molar-refractivity contribution in [3.8, 4) is 11.3 Å². The third kappa shape index (κ3) is 3.60. The lowest BCUT2D eigenvalue weighted by atomic mass is 10.1. The Labute approximate surface area is 142 Å². The van der Waals surface area contributed by atoms with Gasteiger partial charge in [-0.1, -0.05) is 23.7 Å². The minimum Gasteiger partial charge on any atom is -0.384 e.